The summed E-state index contributed by atoms with van der Waals surface area (Å²) in [4.78, 5) is 27.4. The Bertz CT molecular complexity index is 730. The monoisotopic (exact) mass is 376 g/mol. The van der Waals surface area contributed by atoms with Crippen molar-refractivity contribution in [3.05, 3.63) is 40.9 Å². The van der Waals surface area contributed by atoms with E-state index in [1.54, 1.807) is 6.92 Å². The van der Waals surface area contributed by atoms with E-state index in [2.05, 4.69) is 10.3 Å². The molecule has 0 radical (unpaired) electrons. The van der Waals surface area contributed by atoms with E-state index < -0.39 is 17.4 Å². The van der Waals surface area contributed by atoms with Gasteiger partial charge in [-0.3, -0.25) is 10.1 Å². The molecule has 24 heavy (non-hydrogen) atoms. The van der Waals surface area contributed by atoms with E-state index in [1.165, 1.54) is 29.6 Å². The Morgan fingerprint density at radius 1 is 1.29 bits per heavy atom. The van der Waals surface area contributed by atoms with Gasteiger partial charge in [0.05, 0.1) is 6.61 Å². The van der Waals surface area contributed by atoms with Crippen molar-refractivity contribution < 1.29 is 27.5 Å². The second-order valence-corrected chi connectivity index (χ2v) is 6.28. The first-order valence-corrected chi connectivity index (χ1v) is 8.28. The number of carbonyl (C=O) groups is 2. The van der Waals surface area contributed by atoms with Gasteiger partial charge >= 0.3 is 11.5 Å². The molecule has 0 spiro atoms. The fourth-order valence-electron chi connectivity index (χ4n) is 1.61. The maximum absolute atomic E-state index is 12.2. The van der Waals surface area contributed by atoms with Crippen LogP contribution in [0.3, 0.4) is 0 Å². The van der Waals surface area contributed by atoms with Crippen molar-refractivity contribution >= 4 is 40.1 Å². The molecule has 0 fully saturated rings. The Morgan fingerprint density at radius 2 is 1.96 bits per heavy atom. The van der Waals surface area contributed by atoms with Crippen LogP contribution < -0.4 is 5.32 Å². The molecule has 0 aliphatic carbocycles. The van der Waals surface area contributed by atoms with Gasteiger partial charge in [-0.15, -0.1) is 11.3 Å². The molecule has 5 nitrogen and oxygen atoms in total. The van der Waals surface area contributed by atoms with Crippen molar-refractivity contribution in [3.63, 3.8) is 0 Å². The number of alkyl halides is 3. The summed E-state index contributed by atoms with van der Waals surface area (Å²) in [5.74, 6) is -1.13. The zero-order chi connectivity index (χ0) is 17.7. The molecule has 1 heterocycles. The molecule has 0 aliphatic rings. The smallest absolute Gasteiger partial charge is 0.446 e. The fraction of sp³-hybridized carbons (Fsp3) is 0.214. The maximum Gasteiger partial charge on any atom is 0.446 e. The van der Waals surface area contributed by atoms with Gasteiger partial charge in [-0.2, -0.15) is 13.2 Å². The molecule has 0 saturated carbocycles. The highest BCUT2D eigenvalue weighted by Crippen LogP contribution is 2.36. The summed E-state index contributed by atoms with van der Waals surface area (Å²) in [6.07, 6.45) is 0. The maximum atomic E-state index is 12.2. The molecule has 1 amide bonds. The quantitative estimate of drug-likeness (QED) is 0.626. The molecule has 0 bridgehead atoms. The van der Waals surface area contributed by atoms with Crippen LogP contribution in [0.2, 0.25) is 0 Å². The van der Waals surface area contributed by atoms with Gasteiger partial charge in [-0.05, 0) is 43.0 Å². The van der Waals surface area contributed by atoms with E-state index in [4.69, 9.17) is 4.74 Å². The van der Waals surface area contributed by atoms with Crippen LogP contribution in [-0.4, -0.2) is 29.0 Å². The summed E-state index contributed by atoms with van der Waals surface area (Å²) in [7, 11) is 0. The molecule has 1 aromatic heterocycles. The van der Waals surface area contributed by atoms with Crippen molar-refractivity contribution in [2.24, 2.45) is 0 Å². The number of anilines is 1. The number of esters is 1. The highest BCUT2D eigenvalue weighted by atomic mass is 32.2. The van der Waals surface area contributed by atoms with Crippen molar-refractivity contribution in [3.8, 4) is 0 Å². The number of carbonyl (C=O) groups excluding carboxylic acids is 2. The van der Waals surface area contributed by atoms with E-state index in [0.29, 0.717) is 0 Å². The van der Waals surface area contributed by atoms with Crippen LogP contribution in [0.5, 0.6) is 0 Å². The number of nitrogens with one attached hydrogen (secondary N) is 1. The number of thiazole rings is 1. The minimum absolute atomic E-state index is 0.0158. The number of nitrogens with zero attached hydrogens (tertiary/aromatic N) is 1. The summed E-state index contributed by atoms with van der Waals surface area (Å²) in [5.41, 5.74) is -4.13. The predicted octanol–water partition coefficient (Wildman–Crippen LogP) is 4.18. The lowest BCUT2D eigenvalue weighted by Gasteiger charge is -2.06. The number of amides is 1. The Hall–Kier alpha value is -2.07. The van der Waals surface area contributed by atoms with Crippen LogP contribution in [0.15, 0.2) is 34.5 Å². The van der Waals surface area contributed by atoms with Crippen molar-refractivity contribution in [1.29, 1.82) is 0 Å². The second kappa shape index (κ2) is 7.67. The molecule has 0 aliphatic heterocycles. The zero-order valence-corrected chi connectivity index (χ0v) is 13.8. The summed E-state index contributed by atoms with van der Waals surface area (Å²) < 4.78 is 41.5. The molecule has 10 heteroatoms. The third-order valence-electron chi connectivity index (χ3n) is 2.56. The first-order chi connectivity index (χ1) is 11.3. The number of hydrogen-bond acceptors (Lipinski definition) is 6. The number of halogens is 3. The molecule has 2 aromatic rings. The van der Waals surface area contributed by atoms with Gasteiger partial charge in [0.25, 0.3) is 5.91 Å². The second-order valence-electron chi connectivity index (χ2n) is 4.28. The zero-order valence-electron chi connectivity index (χ0n) is 12.2. The van der Waals surface area contributed by atoms with Crippen LogP contribution >= 0.6 is 23.1 Å². The number of ether oxygens (including phenoxy) is 1. The van der Waals surface area contributed by atoms with E-state index in [1.807, 2.05) is 0 Å². The van der Waals surface area contributed by atoms with E-state index >= 15 is 0 Å². The van der Waals surface area contributed by atoms with Crippen LogP contribution in [0.4, 0.5) is 18.3 Å². The Kier molecular flexibility index (Phi) is 5.84. The topological polar surface area (TPSA) is 68.3 Å². The lowest BCUT2D eigenvalue weighted by molar-refractivity contribution is -0.0328. The molecule has 2 rings (SSSR count). The van der Waals surface area contributed by atoms with Crippen LogP contribution in [0.1, 0.15) is 27.8 Å². The number of aromatic nitrogens is 1. The van der Waals surface area contributed by atoms with Gasteiger partial charge < -0.3 is 4.74 Å². The van der Waals surface area contributed by atoms with E-state index in [-0.39, 0.29) is 39.7 Å². The average Bonchev–Trinajstić information content (AvgIpc) is 2.95. The van der Waals surface area contributed by atoms with Gasteiger partial charge in [-0.25, -0.2) is 9.78 Å². The van der Waals surface area contributed by atoms with Crippen LogP contribution in [0, 0.1) is 0 Å². The Labute approximate surface area is 143 Å². The first kappa shape index (κ1) is 18.3. The van der Waals surface area contributed by atoms with Crippen molar-refractivity contribution in [1.82, 2.24) is 4.98 Å². The first-order valence-electron chi connectivity index (χ1n) is 6.58. The molecule has 1 N–H and O–H groups in total. The molecule has 0 atom stereocenters. The van der Waals surface area contributed by atoms with Gasteiger partial charge in [0.15, 0.2) is 10.8 Å². The lowest BCUT2D eigenvalue weighted by atomic mass is 10.2. The summed E-state index contributed by atoms with van der Waals surface area (Å²) in [6.45, 7) is 1.87. The van der Waals surface area contributed by atoms with Gasteiger partial charge in [0.2, 0.25) is 0 Å². The molecule has 1 aromatic carbocycles. The number of thioether (sulfide) groups is 1. The van der Waals surface area contributed by atoms with E-state index in [0.717, 1.165) is 11.3 Å². The number of benzene rings is 1. The normalized spacial score (nSPS) is 11.2. The predicted molar refractivity (Wildman–Crippen MR) is 84.4 cm³/mol. The molecular weight excluding hydrogens is 365 g/mol. The third-order valence-corrected chi connectivity index (χ3v) is 4.06. The fourth-order valence-corrected chi connectivity index (χ4v) is 2.82. The molecule has 0 unspecified atom stereocenters. The minimum atomic E-state index is -4.38. The standard InChI is InChI=1S/C14H11F3N2O3S2/c1-2-22-12(21)10-7-23-13(18-10)19-11(20)8-3-5-9(6-4-8)24-14(15,16)17/h3-7H,2H2,1H3,(H,18,19,20). The van der Waals surface area contributed by atoms with Crippen molar-refractivity contribution in [2.75, 3.05) is 11.9 Å². The van der Waals surface area contributed by atoms with Gasteiger partial charge in [0.1, 0.15) is 0 Å². The lowest BCUT2D eigenvalue weighted by Crippen LogP contribution is -2.12. The summed E-state index contributed by atoms with van der Waals surface area (Å²) >= 11 is 0.784. The highest BCUT2D eigenvalue weighted by Gasteiger charge is 2.29. The van der Waals surface area contributed by atoms with Crippen LogP contribution in [-0.2, 0) is 4.74 Å². The Morgan fingerprint density at radius 3 is 2.54 bits per heavy atom. The highest BCUT2D eigenvalue weighted by molar-refractivity contribution is 8.00. The Balaban J connectivity index is 2.01. The van der Waals surface area contributed by atoms with Gasteiger partial charge in [0, 0.05) is 15.8 Å². The molecule has 0 saturated heterocycles. The molecular formula is C14H11F3N2O3S2. The summed E-state index contributed by atoms with van der Waals surface area (Å²) in [5, 5.41) is 4.11. The number of hydrogen-bond donors (Lipinski definition) is 1. The number of rotatable bonds is 5. The van der Waals surface area contributed by atoms with Crippen molar-refractivity contribution in [2.45, 2.75) is 17.3 Å². The SMILES string of the molecule is CCOC(=O)c1csc(NC(=O)c2ccc(SC(F)(F)F)cc2)n1. The average molecular weight is 376 g/mol. The van der Waals surface area contributed by atoms with Crippen LogP contribution in [0.25, 0.3) is 0 Å². The largest absolute Gasteiger partial charge is 0.461 e. The molecule has 128 valence electrons. The van der Waals surface area contributed by atoms with E-state index in [9.17, 15) is 22.8 Å². The van der Waals surface area contributed by atoms with Gasteiger partial charge in [-0.1, -0.05) is 0 Å². The third kappa shape index (κ3) is 5.24. The summed E-state index contributed by atoms with van der Waals surface area (Å²) in [6, 6.07) is 4.98. The minimum Gasteiger partial charge on any atom is -0.461 e.